The minimum atomic E-state index is -4.54. The maximum atomic E-state index is 12.1. The maximum Gasteiger partial charge on any atom is 0.414 e. The zero-order chi connectivity index (χ0) is 11.5. The second-order valence-electron chi connectivity index (χ2n) is 3.38. The summed E-state index contributed by atoms with van der Waals surface area (Å²) in [5, 5.41) is 8.93. The van der Waals surface area contributed by atoms with Crippen molar-refractivity contribution in [1.29, 1.82) is 0 Å². The van der Waals surface area contributed by atoms with Crippen molar-refractivity contribution in [2.45, 2.75) is 32.0 Å². The summed E-state index contributed by atoms with van der Waals surface area (Å²) in [5.74, 6) is 0. The smallest absolute Gasteiger partial charge is 0.383 e. The van der Waals surface area contributed by atoms with E-state index >= 15 is 0 Å². The van der Waals surface area contributed by atoms with Gasteiger partial charge in [0, 0.05) is 6.42 Å². The molecule has 0 fully saturated rings. The number of aryl methyl sites for hydroxylation is 1. The Morgan fingerprint density at radius 1 is 1.20 bits per heavy atom. The molecule has 1 N–H and O–H groups in total. The Morgan fingerprint density at radius 2 is 1.73 bits per heavy atom. The third-order valence-corrected chi connectivity index (χ3v) is 2.29. The number of benzene rings is 1. The standard InChI is InChI=1S/C11H13F3O/c1-2-8-5-3-4-6-9(8)7-10(15)11(12,13)14/h3-6,10,15H,2,7H2,1H3. The van der Waals surface area contributed by atoms with Gasteiger partial charge in [0.1, 0.15) is 0 Å². The van der Waals surface area contributed by atoms with Gasteiger partial charge < -0.3 is 5.11 Å². The van der Waals surface area contributed by atoms with E-state index in [4.69, 9.17) is 5.11 Å². The first-order valence-electron chi connectivity index (χ1n) is 4.76. The molecule has 1 atom stereocenters. The van der Waals surface area contributed by atoms with Crippen LogP contribution in [0.2, 0.25) is 0 Å². The van der Waals surface area contributed by atoms with Crippen molar-refractivity contribution < 1.29 is 18.3 Å². The zero-order valence-corrected chi connectivity index (χ0v) is 8.38. The molecule has 0 aliphatic carbocycles. The van der Waals surface area contributed by atoms with Gasteiger partial charge in [-0.1, -0.05) is 31.2 Å². The number of hydrogen-bond acceptors (Lipinski definition) is 1. The Bertz CT molecular complexity index is 320. The lowest BCUT2D eigenvalue weighted by Crippen LogP contribution is -2.30. The molecule has 0 radical (unpaired) electrons. The van der Waals surface area contributed by atoms with Gasteiger partial charge in [-0.05, 0) is 17.5 Å². The molecule has 15 heavy (non-hydrogen) atoms. The Balaban J connectivity index is 2.80. The second-order valence-corrected chi connectivity index (χ2v) is 3.38. The molecule has 1 rings (SSSR count). The van der Waals surface area contributed by atoms with E-state index in [0.717, 1.165) is 5.56 Å². The van der Waals surface area contributed by atoms with Gasteiger partial charge in [-0.15, -0.1) is 0 Å². The van der Waals surface area contributed by atoms with E-state index in [2.05, 4.69) is 0 Å². The molecule has 0 heterocycles. The first-order valence-corrected chi connectivity index (χ1v) is 4.76. The summed E-state index contributed by atoms with van der Waals surface area (Å²) < 4.78 is 36.4. The average molecular weight is 218 g/mol. The van der Waals surface area contributed by atoms with Crippen molar-refractivity contribution in [3.05, 3.63) is 35.4 Å². The monoisotopic (exact) mass is 218 g/mol. The van der Waals surface area contributed by atoms with Crippen molar-refractivity contribution >= 4 is 0 Å². The highest BCUT2D eigenvalue weighted by atomic mass is 19.4. The first-order chi connectivity index (χ1) is 6.95. The van der Waals surface area contributed by atoms with Gasteiger partial charge in [-0.2, -0.15) is 13.2 Å². The highest BCUT2D eigenvalue weighted by molar-refractivity contribution is 5.27. The molecule has 0 saturated carbocycles. The summed E-state index contributed by atoms with van der Waals surface area (Å²) in [6.07, 6.45) is -6.51. The molecule has 0 aliphatic heterocycles. The summed E-state index contributed by atoms with van der Waals surface area (Å²) in [4.78, 5) is 0. The number of hydrogen-bond donors (Lipinski definition) is 1. The van der Waals surface area contributed by atoms with Crippen molar-refractivity contribution in [2.75, 3.05) is 0 Å². The van der Waals surface area contributed by atoms with Crippen LogP contribution in [0.1, 0.15) is 18.1 Å². The van der Waals surface area contributed by atoms with E-state index in [1.807, 2.05) is 6.92 Å². The SMILES string of the molecule is CCc1ccccc1CC(O)C(F)(F)F. The van der Waals surface area contributed by atoms with Gasteiger partial charge in [0.2, 0.25) is 0 Å². The van der Waals surface area contributed by atoms with E-state index in [1.54, 1.807) is 24.3 Å². The molecule has 84 valence electrons. The molecule has 0 aromatic heterocycles. The highest BCUT2D eigenvalue weighted by Crippen LogP contribution is 2.24. The second kappa shape index (κ2) is 4.66. The van der Waals surface area contributed by atoms with Gasteiger partial charge in [0.05, 0.1) is 0 Å². The van der Waals surface area contributed by atoms with Crippen molar-refractivity contribution in [3.63, 3.8) is 0 Å². The predicted octanol–water partition coefficient (Wildman–Crippen LogP) is 2.71. The molecular weight excluding hydrogens is 205 g/mol. The molecule has 0 bridgehead atoms. The summed E-state index contributed by atoms with van der Waals surface area (Å²) in [5.41, 5.74) is 1.41. The van der Waals surface area contributed by atoms with Crippen molar-refractivity contribution in [2.24, 2.45) is 0 Å². The van der Waals surface area contributed by atoms with Crippen LogP contribution in [0.3, 0.4) is 0 Å². The number of halogens is 3. The van der Waals surface area contributed by atoms with Gasteiger partial charge in [0.15, 0.2) is 6.10 Å². The molecule has 1 aromatic carbocycles. The van der Waals surface area contributed by atoms with E-state index < -0.39 is 12.3 Å². The predicted molar refractivity (Wildman–Crippen MR) is 51.6 cm³/mol. The minimum Gasteiger partial charge on any atom is -0.383 e. The number of alkyl halides is 3. The van der Waals surface area contributed by atoms with Gasteiger partial charge in [-0.25, -0.2) is 0 Å². The Kier molecular flexibility index (Phi) is 3.74. The van der Waals surface area contributed by atoms with Crippen LogP contribution >= 0.6 is 0 Å². The van der Waals surface area contributed by atoms with Crippen LogP contribution < -0.4 is 0 Å². The number of rotatable bonds is 3. The van der Waals surface area contributed by atoms with E-state index in [-0.39, 0.29) is 6.42 Å². The molecule has 1 aromatic rings. The van der Waals surface area contributed by atoms with Crippen LogP contribution in [-0.2, 0) is 12.8 Å². The molecule has 1 nitrogen and oxygen atoms in total. The summed E-state index contributed by atoms with van der Waals surface area (Å²) in [6.45, 7) is 1.87. The van der Waals surface area contributed by atoms with Gasteiger partial charge >= 0.3 is 6.18 Å². The molecular formula is C11H13F3O. The molecule has 0 spiro atoms. The molecule has 0 saturated heterocycles. The molecule has 4 heteroatoms. The number of aliphatic hydroxyl groups is 1. The average Bonchev–Trinajstić information content (AvgIpc) is 2.17. The van der Waals surface area contributed by atoms with Gasteiger partial charge in [-0.3, -0.25) is 0 Å². The lowest BCUT2D eigenvalue weighted by Gasteiger charge is -2.16. The quantitative estimate of drug-likeness (QED) is 0.827. The van der Waals surface area contributed by atoms with Crippen LogP contribution in [0.15, 0.2) is 24.3 Å². The molecule has 0 amide bonds. The van der Waals surface area contributed by atoms with Crippen molar-refractivity contribution in [1.82, 2.24) is 0 Å². The third kappa shape index (κ3) is 3.23. The lowest BCUT2D eigenvalue weighted by atomic mass is 10.00. The minimum absolute atomic E-state index is 0.368. The maximum absolute atomic E-state index is 12.1. The molecule has 0 aliphatic rings. The fourth-order valence-corrected chi connectivity index (χ4v) is 1.43. The first kappa shape index (κ1) is 12.0. The van der Waals surface area contributed by atoms with E-state index in [1.165, 1.54) is 0 Å². The fourth-order valence-electron chi connectivity index (χ4n) is 1.43. The topological polar surface area (TPSA) is 20.2 Å². The zero-order valence-electron chi connectivity index (χ0n) is 8.38. The Hall–Kier alpha value is -1.03. The Morgan fingerprint density at radius 3 is 2.20 bits per heavy atom. The van der Waals surface area contributed by atoms with E-state index in [0.29, 0.717) is 12.0 Å². The van der Waals surface area contributed by atoms with Crippen LogP contribution in [0.25, 0.3) is 0 Å². The van der Waals surface area contributed by atoms with Crippen LogP contribution in [0, 0.1) is 0 Å². The lowest BCUT2D eigenvalue weighted by molar-refractivity contribution is -0.203. The van der Waals surface area contributed by atoms with Gasteiger partial charge in [0.25, 0.3) is 0 Å². The summed E-state index contributed by atoms with van der Waals surface area (Å²) >= 11 is 0. The Labute approximate surface area is 86.5 Å². The van der Waals surface area contributed by atoms with Crippen LogP contribution in [-0.4, -0.2) is 17.4 Å². The summed E-state index contributed by atoms with van der Waals surface area (Å²) in [6, 6.07) is 6.85. The normalized spacial score (nSPS) is 13.9. The van der Waals surface area contributed by atoms with Crippen LogP contribution in [0.5, 0.6) is 0 Å². The largest absolute Gasteiger partial charge is 0.414 e. The van der Waals surface area contributed by atoms with Crippen LogP contribution in [0.4, 0.5) is 13.2 Å². The third-order valence-electron chi connectivity index (χ3n) is 2.29. The van der Waals surface area contributed by atoms with E-state index in [9.17, 15) is 13.2 Å². The fraction of sp³-hybridized carbons (Fsp3) is 0.455. The molecule has 1 unspecified atom stereocenters. The summed E-state index contributed by atoms with van der Waals surface area (Å²) in [7, 11) is 0. The highest BCUT2D eigenvalue weighted by Gasteiger charge is 2.38. The van der Waals surface area contributed by atoms with Crippen molar-refractivity contribution in [3.8, 4) is 0 Å². The number of aliphatic hydroxyl groups excluding tert-OH is 1.